The minimum Gasteiger partial charge on any atom is -0.507 e. The molecule has 2 aromatic rings. The number of esters is 1. The van der Waals surface area contributed by atoms with Crippen LogP contribution in [0.5, 0.6) is 17.2 Å². The molecular weight excluding hydrogens is 612 g/mol. The van der Waals surface area contributed by atoms with Gasteiger partial charge in [-0.2, -0.15) is 0 Å². The Balaban J connectivity index is 0.000000264. The highest BCUT2D eigenvalue weighted by molar-refractivity contribution is 6.31. The number of urea groups is 1. The molecule has 4 rings (SSSR count). The lowest BCUT2D eigenvalue weighted by molar-refractivity contribution is -0.140. The van der Waals surface area contributed by atoms with Gasteiger partial charge in [0.25, 0.3) is 11.8 Å². The van der Waals surface area contributed by atoms with Crippen molar-refractivity contribution in [2.75, 3.05) is 6.61 Å². The molecule has 48 heavy (non-hydrogen) atoms. The van der Waals surface area contributed by atoms with Crippen molar-refractivity contribution in [3.8, 4) is 17.2 Å². The number of hydrogen-bond acceptors (Lipinski definition) is 8. The normalized spacial score (nSPS) is 17.4. The molecule has 1 heterocycles. The van der Waals surface area contributed by atoms with Crippen molar-refractivity contribution in [3.63, 3.8) is 0 Å². The Kier molecular flexibility index (Phi) is 16.4. The SMILES string of the molecule is CCCCC1CCC(C(=O)Oc2ccc(C=O)c(O)c2)CC1.CCCCCCCCCOc1ccc(C=C2C(=O)NC(=O)NC2=O)cc1. The lowest BCUT2D eigenvalue weighted by Gasteiger charge is -2.27. The van der Waals surface area contributed by atoms with E-state index in [1.54, 1.807) is 24.3 Å². The molecule has 2 aliphatic rings. The molecule has 0 unspecified atom stereocenters. The Morgan fingerprint density at radius 2 is 1.42 bits per heavy atom. The molecule has 3 N–H and O–H groups in total. The van der Waals surface area contributed by atoms with E-state index < -0.39 is 17.8 Å². The van der Waals surface area contributed by atoms with E-state index in [4.69, 9.17) is 9.47 Å². The zero-order valence-corrected chi connectivity index (χ0v) is 28.3. The second-order valence-corrected chi connectivity index (χ2v) is 12.5. The quantitative estimate of drug-likeness (QED) is 0.0414. The molecule has 1 aliphatic heterocycles. The molecule has 2 aromatic carbocycles. The number of benzene rings is 2. The predicted molar refractivity (Wildman–Crippen MR) is 184 cm³/mol. The third kappa shape index (κ3) is 13.0. The number of hydrogen-bond donors (Lipinski definition) is 3. The summed E-state index contributed by atoms with van der Waals surface area (Å²) < 4.78 is 11.0. The molecule has 2 fully saturated rings. The van der Waals surface area contributed by atoms with E-state index in [1.165, 1.54) is 82.1 Å². The molecule has 0 radical (unpaired) electrons. The first-order chi connectivity index (χ1) is 23.2. The fraction of sp³-hybridized carbons (Fsp3) is 0.500. The van der Waals surface area contributed by atoms with Gasteiger partial charge in [-0.15, -0.1) is 0 Å². The molecule has 1 saturated heterocycles. The number of ether oxygens (including phenoxy) is 2. The standard InChI is InChI=1S/C20H26N2O4.C18H24O4/c1-2-3-4-5-6-7-8-13-26-16-11-9-15(10-12-16)14-17-18(23)21-20(25)22-19(17)24;1-2-3-4-13-5-7-14(8-6-13)18(21)22-16-10-9-15(12-19)17(20)11-16/h9-12,14H,2-8,13H2,1H3,(H2,21,22,23,24,25);9-14,20H,2-8H2,1H3. The average molecular weight is 663 g/mol. The second kappa shape index (κ2) is 20.7. The van der Waals surface area contributed by atoms with Crippen molar-refractivity contribution in [2.45, 2.75) is 104 Å². The van der Waals surface area contributed by atoms with Crippen LogP contribution in [0.2, 0.25) is 0 Å². The van der Waals surface area contributed by atoms with Gasteiger partial charge in [0.1, 0.15) is 22.8 Å². The Hall–Kier alpha value is -4.47. The van der Waals surface area contributed by atoms with Crippen molar-refractivity contribution in [2.24, 2.45) is 11.8 Å². The monoisotopic (exact) mass is 662 g/mol. The zero-order valence-electron chi connectivity index (χ0n) is 28.3. The number of aromatic hydroxyl groups is 1. The fourth-order valence-corrected chi connectivity index (χ4v) is 5.75. The van der Waals surface area contributed by atoms with Gasteiger partial charge in [-0.05, 0) is 73.9 Å². The van der Waals surface area contributed by atoms with Gasteiger partial charge in [0.15, 0.2) is 6.29 Å². The zero-order chi connectivity index (χ0) is 34.7. The molecule has 0 spiro atoms. The average Bonchev–Trinajstić information content (AvgIpc) is 3.08. The summed E-state index contributed by atoms with van der Waals surface area (Å²) in [6, 6.07) is 10.6. The highest BCUT2D eigenvalue weighted by Crippen LogP contribution is 2.33. The molecule has 1 aliphatic carbocycles. The predicted octanol–water partition coefficient (Wildman–Crippen LogP) is 7.67. The highest BCUT2D eigenvalue weighted by atomic mass is 16.5. The van der Waals surface area contributed by atoms with Crippen LogP contribution in [0, 0.1) is 11.8 Å². The number of imide groups is 2. The Bertz CT molecular complexity index is 1370. The van der Waals surface area contributed by atoms with Crippen LogP contribution in [0.15, 0.2) is 48.0 Å². The maximum Gasteiger partial charge on any atom is 0.328 e. The summed E-state index contributed by atoms with van der Waals surface area (Å²) in [5, 5.41) is 13.7. The van der Waals surface area contributed by atoms with Crippen LogP contribution in [0.4, 0.5) is 4.79 Å². The summed E-state index contributed by atoms with van der Waals surface area (Å²) in [7, 11) is 0. The van der Waals surface area contributed by atoms with Crippen molar-refractivity contribution in [1.82, 2.24) is 10.6 Å². The minimum atomic E-state index is -0.800. The number of rotatable bonds is 16. The molecular formula is C38H50N2O8. The second-order valence-electron chi connectivity index (χ2n) is 12.5. The van der Waals surface area contributed by atoms with E-state index in [2.05, 4.69) is 13.8 Å². The van der Waals surface area contributed by atoms with E-state index in [-0.39, 0.29) is 28.8 Å². The van der Waals surface area contributed by atoms with Gasteiger partial charge < -0.3 is 14.6 Å². The van der Waals surface area contributed by atoms with Gasteiger partial charge in [-0.1, -0.05) is 83.8 Å². The Labute approximate surface area is 283 Å². The van der Waals surface area contributed by atoms with Crippen LogP contribution in [0.3, 0.4) is 0 Å². The largest absolute Gasteiger partial charge is 0.507 e. The fourth-order valence-electron chi connectivity index (χ4n) is 5.75. The van der Waals surface area contributed by atoms with Crippen LogP contribution >= 0.6 is 0 Å². The number of amides is 4. The van der Waals surface area contributed by atoms with Crippen LogP contribution in [0.25, 0.3) is 6.08 Å². The third-order valence-corrected chi connectivity index (χ3v) is 8.64. The lowest BCUT2D eigenvalue weighted by Crippen LogP contribution is -2.51. The van der Waals surface area contributed by atoms with Crippen LogP contribution in [-0.2, 0) is 14.4 Å². The maximum absolute atomic E-state index is 12.2. The van der Waals surface area contributed by atoms with Gasteiger partial charge in [0, 0.05) is 6.07 Å². The van der Waals surface area contributed by atoms with Crippen molar-refractivity contribution in [3.05, 3.63) is 59.2 Å². The number of nitrogens with one attached hydrogen (secondary N) is 2. The van der Waals surface area contributed by atoms with Crippen molar-refractivity contribution >= 4 is 36.2 Å². The van der Waals surface area contributed by atoms with E-state index in [9.17, 15) is 29.1 Å². The number of barbiturate groups is 1. The van der Waals surface area contributed by atoms with E-state index >= 15 is 0 Å². The highest BCUT2D eigenvalue weighted by Gasteiger charge is 2.28. The van der Waals surface area contributed by atoms with Crippen LogP contribution in [-0.4, -0.2) is 41.8 Å². The third-order valence-electron chi connectivity index (χ3n) is 8.64. The summed E-state index contributed by atoms with van der Waals surface area (Å²) in [5.74, 6) is -0.0375. The Morgan fingerprint density at radius 3 is 2.02 bits per heavy atom. The molecule has 0 aromatic heterocycles. The van der Waals surface area contributed by atoms with Crippen LogP contribution < -0.4 is 20.1 Å². The number of phenolic OH excluding ortho intramolecular Hbond substituents is 1. The Morgan fingerprint density at radius 1 is 0.812 bits per heavy atom. The first kappa shape index (κ1) is 38.0. The van der Waals surface area contributed by atoms with Crippen molar-refractivity contribution in [1.29, 1.82) is 0 Å². The number of phenols is 1. The molecule has 0 atom stereocenters. The number of carbonyl (C=O) groups is 5. The van der Waals surface area contributed by atoms with E-state index in [0.717, 1.165) is 43.8 Å². The van der Waals surface area contributed by atoms with E-state index in [0.29, 0.717) is 24.2 Å². The first-order valence-electron chi connectivity index (χ1n) is 17.3. The molecule has 10 heteroatoms. The first-order valence-corrected chi connectivity index (χ1v) is 17.3. The lowest BCUT2D eigenvalue weighted by atomic mass is 9.80. The van der Waals surface area contributed by atoms with Crippen LogP contribution in [0.1, 0.15) is 120 Å². The molecule has 10 nitrogen and oxygen atoms in total. The molecule has 4 amide bonds. The van der Waals surface area contributed by atoms with Gasteiger partial charge in [-0.3, -0.25) is 29.8 Å². The minimum absolute atomic E-state index is 0.0502. The van der Waals surface area contributed by atoms with Crippen molar-refractivity contribution < 1.29 is 38.6 Å². The summed E-state index contributed by atoms with van der Waals surface area (Å²) in [5.41, 5.74) is 0.778. The van der Waals surface area contributed by atoms with Gasteiger partial charge in [0.05, 0.1) is 18.1 Å². The van der Waals surface area contributed by atoms with E-state index in [1.807, 2.05) is 10.6 Å². The summed E-state index contributed by atoms with van der Waals surface area (Å²) >= 11 is 0. The van der Waals surface area contributed by atoms with Gasteiger partial charge >= 0.3 is 12.0 Å². The summed E-state index contributed by atoms with van der Waals surface area (Å²) in [6.45, 7) is 5.10. The summed E-state index contributed by atoms with van der Waals surface area (Å²) in [4.78, 5) is 57.2. The topological polar surface area (TPSA) is 148 Å². The number of carbonyl (C=O) groups excluding carboxylic acids is 5. The van der Waals surface area contributed by atoms with Gasteiger partial charge in [-0.25, -0.2) is 4.79 Å². The maximum atomic E-state index is 12.2. The number of unbranched alkanes of at least 4 members (excludes halogenated alkanes) is 7. The molecule has 260 valence electrons. The smallest absolute Gasteiger partial charge is 0.328 e. The molecule has 0 bridgehead atoms. The molecule has 1 saturated carbocycles. The summed E-state index contributed by atoms with van der Waals surface area (Å²) in [6.07, 6.45) is 18.4. The van der Waals surface area contributed by atoms with Gasteiger partial charge in [0.2, 0.25) is 0 Å². The number of aldehydes is 1.